The van der Waals surface area contributed by atoms with E-state index in [4.69, 9.17) is 0 Å². The summed E-state index contributed by atoms with van der Waals surface area (Å²) in [5.41, 5.74) is 2.25. The molecule has 1 aliphatic carbocycles. The van der Waals surface area contributed by atoms with Crippen molar-refractivity contribution in [3.63, 3.8) is 0 Å². The van der Waals surface area contributed by atoms with E-state index in [9.17, 15) is 9.70 Å². The van der Waals surface area contributed by atoms with Gasteiger partial charge in [-0.15, -0.1) is 5.43 Å². The molecule has 11 heavy (non-hydrogen) atoms. The molecule has 60 valence electrons. The number of carbonyl (C=O) groups is 1. The van der Waals surface area contributed by atoms with Gasteiger partial charge < -0.3 is 0 Å². The summed E-state index contributed by atoms with van der Waals surface area (Å²) in [5.74, 6) is 0.0741. The average Bonchev–Trinajstić information content (AvgIpc) is 2.45. The van der Waals surface area contributed by atoms with E-state index < -0.39 is 5.54 Å². The molecule has 0 unspecified atom stereocenters. The Labute approximate surface area is 64.5 Å². The predicted octanol–water partition coefficient (Wildman–Crippen LogP) is 0.165. The fraction of sp³-hybridized carbons (Fsp3) is 0.857. The monoisotopic (exact) mass is 155 g/mol. The summed E-state index contributed by atoms with van der Waals surface area (Å²) in [6.07, 6.45) is 3.80. The van der Waals surface area contributed by atoms with Crippen LogP contribution in [0.5, 0.6) is 0 Å². The van der Waals surface area contributed by atoms with Crippen molar-refractivity contribution >= 4 is 5.78 Å². The molecule has 0 aromatic rings. The molecule has 0 amide bonds. The Balaban J connectivity index is 2.24. The lowest BCUT2D eigenvalue weighted by molar-refractivity contribution is -0.589. The molecular formula is C7H11N2O2+. The number of carbonyl (C=O) groups excluding carboxylic acids is 1. The van der Waals surface area contributed by atoms with Crippen LogP contribution in [0, 0.1) is 4.91 Å². The maximum Gasteiger partial charge on any atom is 0.285 e. The third-order valence-corrected chi connectivity index (χ3v) is 2.62. The number of rotatable bonds is 0. The topological polar surface area (TPSA) is 49.2 Å². The molecule has 0 atom stereocenters. The average molecular weight is 155 g/mol. The van der Waals surface area contributed by atoms with E-state index in [-0.39, 0.29) is 12.3 Å². The molecule has 0 aromatic heterocycles. The van der Waals surface area contributed by atoms with Crippen molar-refractivity contribution in [3.05, 3.63) is 4.91 Å². The van der Waals surface area contributed by atoms with E-state index in [0.717, 1.165) is 25.7 Å². The van der Waals surface area contributed by atoms with E-state index in [1.807, 2.05) is 0 Å². The van der Waals surface area contributed by atoms with Gasteiger partial charge in [0.2, 0.25) is 5.78 Å². The molecular weight excluding hydrogens is 144 g/mol. The SMILES string of the molecule is O=C1C[N+](=O)NC12CCCC2. The fourth-order valence-corrected chi connectivity index (χ4v) is 1.99. The molecule has 1 saturated heterocycles. The largest absolute Gasteiger partial charge is 0.289 e. The lowest BCUT2D eigenvalue weighted by Crippen LogP contribution is -2.43. The number of ketones is 1. The second-order valence-corrected chi connectivity index (χ2v) is 3.36. The smallest absolute Gasteiger partial charge is 0.285 e. The minimum atomic E-state index is -0.457. The Kier molecular flexibility index (Phi) is 1.25. The van der Waals surface area contributed by atoms with Crippen LogP contribution in [-0.4, -0.2) is 22.7 Å². The molecule has 2 fully saturated rings. The molecule has 0 radical (unpaired) electrons. The van der Waals surface area contributed by atoms with E-state index in [2.05, 4.69) is 5.43 Å². The van der Waals surface area contributed by atoms with Crippen molar-refractivity contribution in [1.29, 1.82) is 0 Å². The molecule has 1 spiro atoms. The van der Waals surface area contributed by atoms with Gasteiger partial charge in [0.05, 0.1) is 4.91 Å². The van der Waals surface area contributed by atoms with Crippen molar-refractivity contribution in [1.82, 2.24) is 5.43 Å². The second kappa shape index (κ2) is 2.03. The number of hydrazine groups is 1. The van der Waals surface area contributed by atoms with Gasteiger partial charge in [0.25, 0.3) is 6.54 Å². The number of Topliss-reactive ketones (excluding diaryl/α,β-unsaturated/α-hetero) is 1. The zero-order valence-electron chi connectivity index (χ0n) is 6.30. The Bertz CT molecular complexity index is 218. The maximum absolute atomic E-state index is 11.3. The first-order chi connectivity index (χ1) is 5.23. The molecule has 0 aromatic carbocycles. The van der Waals surface area contributed by atoms with Crippen molar-refractivity contribution < 1.29 is 9.66 Å². The summed E-state index contributed by atoms with van der Waals surface area (Å²) < 4.78 is 0. The van der Waals surface area contributed by atoms with Gasteiger partial charge in [-0.2, -0.15) is 0 Å². The van der Waals surface area contributed by atoms with Gasteiger partial charge in [0.15, 0.2) is 5.54 Å². The molecule has 2 rings (SSSR count). The molecule has 1 aliphatic heterocycles. The Hall–Kier alpha value is -0.930. The molecule has 1 heterocycles. The van der Waals surface area contributed by atoms with E-state index in [0.29, 0.717) is 4.87 Å². The summed E-state index contributed by atoms with van der Waals surface area (Å²) in [7, 11) is 0. The van der Waals surface area contributed by atoms with Crippen LogP contribution in [0.1, 0.15) is 25.7 Å². The molecule has 4 nitrogen and oxygen atoms in total. The number of hydrogen-bond acceptors (Lipinski definition) is 2. The van der Waals surface area contributed by atoms with Gasteiger partial charge in [-0.25, -0.2) is 0 Å². The van der Waals surface area contributed by atoms with Crippen molar-refractivity contribution in [2.45, 2.75) is 31.2 Å². The quantitative estimate of drug-likeness (QED) is 0.507. The zero-order chi connectivity index (χ0) is 7.90. The Morgan fingerprint density at radius 3 is 2.45 bits per heavy atom. The molecule has 0 bridgehead atoms. The van der Waals surface area contributed by atoms with Crippen molar-refractivity contribution in [2.24, 2.45) is 0 Å². The molecule has 2 aliphatic rings. The zero-order valence-corrected chi connectivity index (χ0v) is 6.30. The number of nitrogens with one attached hydrogen (secondary N) is 1. The maximum atomic E-state index is 11.3. The van der Waals surface area contributed by atoms with Gasteiger partial charge in [0.1, 0.15) is 4.87 Å². The first-order valence-electron chi connectivity index (χ1n) is 3.99. The Morgan fingerprint density at radius 2 is 2.00 bits per heavy atom. The third kappa shape index (κ3) is 0.852. The minimum Gasteiger partial charge on any atom is -0.289 e. The van der Waals surface area contributed by atoms with E-state index in [1.54, 1.807) is 0 Å². The highest BCUT2D eigenvalue weighted by Crippen LogP contribution is 2.32. The first-order valence-corrected chi connectivity index (χ1v) is 3.99. The Morgan fingerprint density at radius 1 is 1.36 bits per heavy atom. The molecule has 1 N–H and O–H groups in total. The summed E-state index contributed by atoms with van der Waals surface area (Å²) in [4.78, 5) is 22.8. The standard InChI is InChI=1S/C7H11N2O2/c10-6-5-9(11)8-7(6)3-1-2-4-7/h1-5H2,(H,8,11)/q+1. The summed E-state index contributed by atoms with van der Waals surface area (Å²) in [6, 6.07) is 0. The van der Waals surface area contributed by atoms with Crippen LogP contribution in [0.2, 0.25) is 0 Å². The highest BCUT2D eigenvalue weighted by molar-refractivity contribution is 5.90. The highest BCUT2D eigenvalue weighted by atomic mass is 16.3. The normalized spacial score (nSPS) is 28.0. The van der Waals surface area contributed by atoms with Crippen LogP contribution < -0.4 is 5.43 Å². The fourth-order valence-electron chi connectivity index (χ4n) is 1.99. The minimum absolute atomic E-state index is 0.0278. The van der Waals surface area contributed by atoms with Crippen molar-refractivity contribution in [3.8, 4) is 0 Å². The number of hydrogen-bond donors (Lipinski definition) is 1. The third-order valence-electron chi connectivity index (χ3n) is 2.62. The highest BCUT2D eigenvalue weighted by Gasteiger charge is 2.53. The van der Waals surface area contributed by atoms with Gasteiger partial charge in [-0.1, -0.05) is 12.8 Å². The van der Waals surface area contributed by atoms with Gasteiger partial charge in [-0.3, -0.25) is 4.79 Å². The van der Waals surface area contributed by atoms with Gasteiger partial charge in [-0.05, 0) is 12.8 Å². The number of nitrogens with zero attached hydrogens (tertiary/aromatic N) is 1. The molecule has 4 heteroatoms. The van der Waals surface area contributed by atoms with Crippen LogP contribution >= 0.6 is 0 Å². The van der Waals surface area contributed by atoms with Crippen LogP contribution in [0.15, 0.2) is 0 Å². The van der Waals surface area contributed by atoms with Crippen LogP contribution in [0.25, 0.3) is 0 Å². The molecule has 1 saturated carbocycles. The number of nitroso groups, excluding NO2 is 1. The van der Waals surface area contributed by atoms with Crippen LogP contribution in [0.3, 0.4) is 0 Å². The predicted molar refractivity (Wildman–Crippen MR) is 37.8 cm³/mol. The second-order valence-electron chi connectivity index (χ2n) is 3.36. The first kappa shape index (κ1) is 6.76. The summed E-state index contributed by atoms with van der Waals surface area (Å²) >= 11 is 0. The summed E-state index contributed by atoms with van der Waals surface area (Å²) in [6.45, 7) is 0.0278. The van der Waals surface area contributed by atoms with Crippen molar-refractivity contribution in [2.75, 3.05) is 6.54 Å². The lowest BCUT2D eigenvalue weighted by Gasteiger charge is -2.12. The lowest BCUT2D eigenvalue weighted by atomic mass is 9.95. The van der Waals surface area contributed by atoms with Gasteiger partial charge >= 0.3 is 0 Å². The van der Waals surface area contributed by atoms with Crippen LogP contribution in [0.4, 0.5) is 0 Å². The van der Waals surface area contributed by atoms with Gasteiger partial charge in [0, 0.05) is 0 Å². The van der Waals surface area contributed by atoms with Crippen LogP contribution in [-0.2, 0) is 4.79 Å². The van der Waals surface area contributed by atoms with E-state index >= 15 is 0 Å². The van der Waals surface area contributed by atoms with E-state index in [1.165, 1.54) is 0 Å². The summed E-state index contributed by atoms with van der Waals surface area (Å²) in [5, 5.41) is 0.